The average Bonchev–Trinajstić information content (AvgIpc) is 2.80. The number of hydrogen-bond acceptors (Lipinski definition) is 4. The van der Waals surface area contributed by atoms with Crippen molar-refractivity contribution >= 4 is 39.9 Å². The quantitative estimate of drug-likeness (QED) is 0.884. The van der Waals surface area contributed by atoms with E-state index in [1.54, 1.807) is 5.38 Å². The summed E-state index contributed by atoms with van der Waals surface area (Å²) in [6.45, 7) is 0. The lowest BCUT2D eigenvalue weighted by molar-refractivity contribution is -0.136. The van der Waals surface area contributed by atoms with Crippen LogP contribution in [0.3, 0.4) is 0 Å². The van der Waals surface area contributed by atoms with E-state index in [0.717, 1.165) is 11.3 Å². The molecule has 110 valence electrons. The van der Waals surface area contributed by atoms with E-state index in [1.807, 2.05) is 0 Å². The Labute approximate surface area is 128 Å². The highest BCUT2D eigenvalue weighted by molar-refractivity contribution is 7.13. The van der Waals surface area contributed by atoms with Crippen LogP contribution in [0.1, 0.15) is 11.3 Å². The Hall–Kier alpha value is -1.99. The third-order valence-corrected chi connectivity index (χ3v) is 3.69. The summed E-state index contributed by atoms with van der Waals surface area (Å²) in [5.41, 5.74) is 0.464. The molecule has 0 aliphatic carbocycles. The lowest BCUT2D eigenvalue weighted by Crippen LogP contribution is -2.15. The molecule has 0 saturated carbocycles. The number of benzene rings is 1. The molecule has 0 aliphatic rings. The lowest BCUT2D eigenvalue weighted by atomic mass is 10.1. The summed E-state index contributed by atoms with van der Waals surface area (Å²) in [4.78, 5) is 26.3. The first kappa shape index (κ1) is 15.4. The summed E-state index contributed by atoms with van der Waals surface area (Å²) < 4.78 is 13.6. The van der Waals surface area contributed by atoms with Crippen LogP contribution < -0.4 is 5.32 Å². The minimum atomic E-state index is -1.00. The third kappa shape index (κ3) is 4.24. The van der Waals surface area contributed by atoms with Gasteiger partial charge in [0, 0.05) is 16.0 Å². The van der Waals surface area contributed by atoms with Gasteiger partial charge in [0.2, 0.25) is 5.91 Å². The summed E-state index contributed by atoms with van der Waals surface area (Å²) in [7, 11) is 0. The van der Waals surface area contributed by atoms with Crippen molar-refractivity contribution in [3.05, 3.63) is 45.7 Å². The summed E-state index contributed by atoms with van der Waals surface area (Å²) in [6, 6.07) is 4.18. The molecule has 1 heterocycles. The summed E-state index contributed by atoms with van der Waals surface area (Å²) >= 11 is 6.95. The van der Waals surface area contributed by atoms with E-state index >= 15 is 0 Å². The maximum absolute atomic E-state index is 13.6. The van der Waals surface area contributed by atoms with E-state index in [0.29, 0.717) is 5.69 Å². The molecule has 0 saturated heterocycles. The van der Waals surface area contributed by atoms with Crippen molar-refractivity contribution in [2.75, 3.05) is 5.32 Å². The molecule has 2 N–H and O–H groups in total. The van der Waals surface area contributed by atoms with Crippen molar-refractivity contribution in [1.82, 2.24) is 4.98 Å². The van der Waals surface area contributed by atoms with Crippen LogP contribution in [0.2, 0.25) is 5.02 Å². The highest BCUT2D eigenvalue weighted by Crippen LogP contribution is 2.21. The molecule has 1 amide bonds. The molecule has 21 heavy (non-hydrogen) atoms. The van der Waals surface area contributed by atoms with Crippen molar-refractivity contribution in [3.63, 3.8) is 0 Å². The number of anilines is 1. The van der Waals surface area contributed by atoms with Crippen LogP contribution in [0.15, 0.2) is 23.6 Å². The Morgan fingerprint density at radius 3 is 2.81 bits per heavy atom. The largest absolute Gasteiger partial charge is 0.481 e. The minimum absolute atomic E-state index is 0.110. The maximum atomic E-state index is 13.6. The van der Waals surface area contributed by atoms with Crippen LogP contribution >= 0.6 is 22.9 Å². The zero-order chi connectivity index (χ0) is 15.4. The molecule has 5 nitrogen and oxygen atoms in total. The summed E-state index contributed by atoms with van der Waals surface area (Å²) in [6.07, 6.45) is -0.440. The predicted molar refractivity (Wildman–Crippen MR) is 77.2 cm³/mol. The molecule has 0 aliphatic heterocycles. The van der Waals surface area contributed by atoms with Crippen molar-refractivity contribution < 1.29 is 19.1 Å². The zero-order valence-electron chi connectivity index (χ0n) is 10.6. The molecule has 1 aromatic carbocycles. The van der Waals surface area contributed by atoms with Gasteiger partial charge in [0.1, 0.15) is 5.82 Å². The molecular formula is C13H10ClFN2O3S. The van der Waals surface area contributed by atoms with Crippen molar-refractivity contribution in [2.45, 2.75) is 12.8 Å². The topological polar surface area (TPSA) is 79.3 Å². The molecule has 0 radical (unpaired) electrons. The number of aromatic nitrogens is 1. The van der Waals surface area contributed by atoms with Gasteiger partial charge in [-0.25, -0.2) is 9.37 Å². The molecular weight excluding hydrogens is 319 g/mol. The van der Waals surface area contributed by atoms with Gasteiger partial charge in [0.25, 0.3) is 0 Å². The number of hydrogen-bond donors (Lipinski definition) is 2. The summed E-state index contributed by atoms with van der Waals surface area (Å²) in [5, 5.41) is 13.1. The zero-order valence-corrected chi connectivity index (χ0v) is 12.2. The van der Waals surface area contributed by atoms with Crippen LogP contribution in [0.4, 0.5) is 9.52 Å². The van der Waals surface area contributed by atoms with Gasteiger partial charge in [-0.3, -0.25) is 9.59 Å². The first-order valence-corrected chi connectivity index (χ1v) is 7.10. The van der Waals surface area contributed by atoms with Crippen LogP contribution in [0.5, 0.6) is 0 Å². The SMILES string of the molecule is O=C(O)Cc1csc(NC(=O)Cc2c(F)cccc2Cl)n1. The van der Waals surface area contributed by atoms with Gasteiger partial charge in [-0.2, -0.15) is 0 Å². The number of carboxylic acid groups (broad SMARTS) is 1. The Kier molecular flexibility index (Phi) is 4.87. The highest BCUT2D eigenvalue weighted by Gasteiger charge is 2.14. The highest BCUT2D eigenvalue weighted by atomic mass is 35.5. The van der Waals surface area contributed by atoms with Gasteiger partial charge in [0.15, 0.2) is 5.13 Å². The number of rotatable bonds is 5. The number of carboxylic acids is 1. The Balaban J connectivity index is 2.02. The van der Waals surface area contributed by atoms with E-state index < -0.39 is 17.7 Å². The second-order valence-corrected chi connectivity index (χ2v) is 5.40. The number of nitrogens with zero attached hydrogens (tertiary/aromatic N) is 1. The number of carbonyl (C=O) groups excluding carboxylic acids is 1. The molecule has 2 rings (SSSR count). The molecule has 1 aromatic heterocycles. The standard InChI is InChI=1S/C13H10ClFN2O3S/c14-9-2-1-3-10(15)8(9)5-11(18)17-13-16-7(6-21-13)4-12(19)20/h1-3,6H,4-5H2,(H,19,20)(H,16,17,18). The fourth-order valence-corrected chi connectivity index (χ4v) is 2.58. The molecule has 0 spiro atoms. The molecule has 8 heteroatoms. The van der Waals surface area contributed by atoms with Crippen LogP contribution in [-0.4, -0.2) is 22.0 Å². The molecule has 0 bridgehead atoms. The lowest BCUT2D eigenvalue weighted by Gasteiger charge is -2.05. The minimum Gasteiger partial charge on any atom is -0.481 e. The van der Waals surface area contributed by atoms with E-state index in [4.69, 9.17) is 16.7 Å². The number of thiazole rings is 1. The first-order valence-electron chi connectivity index (χ1n) is 5.84. The summed E-state index contributed by atoms with van der Waals surface area (Å²) in [5.74, 6) is -2.03. The Morgan fingerprint density at radius 2 is 2.14 bits per heavy atom. The van der Waals surface area contributed by atoms with Gasteiger partial charge in [0.05, 0.1) is 18.5 Å². The van der Waals surface area contributed by atoms with Gasteiger partial charge in [-0.1, -0.05) is 17.7 Å². The fraction of sp³-hybridized carbons (Fsp3) is 0.154. The number of nitrogens with one attached hydrogen (secondary N) is 1. The van der Waals surface area contributed by atoms with Crippen molar-refractivity contribution in [3.8, 4) is 0 Å². The molecule has 0 fully saturated rings. The van der Waals surface area contributed by atoms with Crippen molar-refractivity contribution in [2.24, 2.45) is 0 Å². The predicted octanol–water partition coefficient (Wildman–Crippen LogP) is 2.74. The molecule has 0 atom stereocenters. The number of halogens is 2. The number of amides is 1. The molecule has 2 aromatic rings. The Morgan fingerprint density at radius 1 is 1.38 bits per heavy atom. The maximum Gasteiger partial charge on any atom is 0.309 e. The molecule has 0 unspecified atom stereocenters. The number of carbonyl (C=O) groups is 2. The van der Waals surface area contributed by atoms with Crippen LogP contribution in [-0.2, 0) is 22.4 Å². The monoisotopic (exact) mass is 328 g/mol. The van der Waals surface area contributed by atoms with E-state index in [1.165, 1.54) is 18.2 Å². The average molecular weight is 329 g/mol. The van der Waals surface area contributed by atoms with E-state index in [9.17, 15) is 14.0 Å². The van der Waals surface area contributed by atoms with Crippen LogP contribution in [0, 0.1) is 5.82 Å². The first-order chi connectivity index (χ1) is 9.95. The van der Waals surface area contributed by atoms with E-state index in [-0.39, 0.29) is 28.6 Å². The third-order valence-electron chi connectivity index (χ3n) is 2.53. The van der Waals surface area contributed by atoms with Gasteiger partial charge < -0.3 is 10.4 Å². The van der Waals surface area contributed by atoms with E-state index in [2.05, 4.69) is 10.3 Å². The second-order valence-electron chi connectivity index (χ2n) is 4.14. The van der Waals surface area contributed by atoms with Gasteiger partial charge in [-0.15, -0.1) is 11.3 Å². The second kappa shape index (κ2) is 6.64. The smallest absolute Gasteiger partial charge is 0.309 e. The van der Waals surface area contributed by atoms with Gasteiger partial charge in [-0.05, 0) is 12.1 Å². The van der Waals surface area contributed by atoms with Crippen molar-refractivity contribution in [1.29, 1.82) is 0 Å². The van der Waals surface area contributed by atoms with Crippen LogP contribution in [0.25, 0.3) is 0 Å². The van der Waals surface area contributed by atoms with Gasteiger partial charge >= 0.3 is 5.97 Å². The Bertz CT molecular complexity index is 670. The number of aliphatic carboxylic acids is 1. The fourth-order valence-electron chi connectivity index (χ4n) is 1.63. The normalized spacial score (nSPS) is 10.4.